The molecule has 2 heterocycles. The van der Waals surface area contributed by atoms with Crippen molar-refractivity contribution in [2.24, 2.45) is 0 Å². The molecule has 0 unspecified atom stereocenters. The number of carbonyl (C=O) groups excluding carboxylic acids is 1. The Balaban J connectivity index is 1.43. The number of carbonyl (C=O) groups is 1. The number of nitrogens with zero attached hydrogens (tertiary/aromatic N) is 3. The molecule has 0 aromatic heterocycles. The molecule has 5 nitrogen and oxygen atoms in total. The molecule has 1 aromatic carbocycles. The van der Waals surface area contributed by atoms with Crippen LogP contribution in [0.25, 0.3) is 0 Å². The summed E-state index contributed by atoms with van der Waals surface area (Å²) in [6.45, 7) is 7.75. The van der Waals surface area contributed by atoms with Crippen LogP contribution < -0.4 is 10.2 Å². The molecule has 1 N–H and O–H groups in total. The van der Waals surface area contributed by atoms with Gasteiger partial charge in [0.05, 0.1) is 0 Å². The molecule has 1 aromatic rings. The normalized spacial score (nSPS) is 20.3. The molecule has 2 saturated heterocycles. The fourth-order valence-corrected chi connectivity index (χ4v) is 2.86. The molecule has 108 valence electrons. The first kappa shape index (κ1) is 13.2. The van der Waals surface area contributed by atoms with Gasteiger partial charge in [0.15, 0.2) is 0 Å². The number of anilines is 1. The first-order valence-electron chi connectivity index (χ1n) is 7.38. The zero-order valence-corrected chi connectivity index (χ0v) is 11.8. The van der Waals surface area contributed by atoms with E-state index >= 15 is 0 Å². The zero-order valence-electron chi connectivity index (χ0n) is 11.8. The van der Waals surface area contributed by atoms with Crippen molar-refractivity contribution in [3.8, 4) is 0 Å². The van der Waals surface area contributed by atoms with Crippen molar-refractivity contribution in [1.82, 2.24) is 15.1 Å². The standard InChI is InChI=1S/C15H22N4O/c20-15-16-6-7-19(15)13-10-17-8-11-18(12-9-17)14-4-2-1-3-5-14/h1-5H,6-13H2,(H,16,20). The summed E-state index contributed by atoms with van der Waals surface area (Å²) < 4.78 is 0. The van der Waals surface area contributed by atoms with E-state index in [4.69, 9.17) is 0 Å². The summed E-state index contributed by atoms with van der Waals surface area (Å²) in [5.74, 6) is 0. The Morgan fingerprint density at radius 3 is 2.35 bits per heavy atom. The second-order valence-corrected chi connectivity index (χ2v) is 5.38. The number of amides is 2. The molecule has 20 heavy (non-hydrogen) atoms. The third-order valence-corrected chi connectivity index (χ3v) is 4.12. The maximum absolute atomic E-state index is 11.5. The van der Waals surface area contributed by atoms with Gasteiger partial charge >= 0.3 is 6.03 Å². The quantitative estimate of drug-likeness (QED) is 0.884. The number of rotatable bonds is 4. The zero-order chi connectivity index (χ0) is 13.8. The van der Waals surface area contributed by atoms with E-state index in [-0.39, 0.29) is 6.03 Å². The molecule has 5 heteroatoms. The van der Waals surface area contributed by atoms with Gasteiger partial charge in [-0.2, -0.15) is 0 Å². The van der Waals surface area contributed by atoms with Gasteiger partial charge in [0.25, 0.3) is 0 Å². The molecule has 0 bridgehead atoms. The van der Waals surface area contributed by atoms with E-state index in [1.807, 2.05) is 4.90 Å². The van der Waals surface area contributed by atoms with Gasteiger partial charge in [-0.15, -0.1) is 0 Å². The summed E-state index contributed by atoms with van der Waals surface area (Å²) in [5, 5.41) is 2.85. The fourth-order valence-electron chi connectivity index (χ4n) is 2.86. The predicted molar refractivity (Wildman–Crippen MR) is 80.1 cm³/mol. The van der Waals surface area contributed by atoms with Crippen LogP contribution in [0.3, 0.4) is 0 Å². The second kappa shape index (κ2) is 6.13. The van der Waals surface area contributed by atoms with E-state index in [0.717, 1.165) is 52.4 Å². The number of nitrogens with one attached hydrogen (secondary N) is 1. The minimum Gasteiger partial charge on any atom is -0.369 e. The SMILES string of the molecule is O=C1NCCN1CCN1CCN(c2ccccc2)CC1. The molecule has 2 amide bonds. The summed E-state index contributed by atoms with van der Waals surface area (Å²) in [6, 6.07) is 10.7. The van der Waals surface area contributed by atoms with E-state index in [1.165, 1.54) is 5.69 Å². The third kappa shape index (κ3) is 3.04. The number of hydrogen-bond donors (Lipinski definition) is 1. The molecule has 0 atom stereocenters. The average Bonchev–Trinajstić information content (AvgIpc) is 2.92. The van der Waals surface area contributed by atoms with Gasteiger partial charge in [0, 0.05) is 58.0 Å². The van der Waals surface area contributed by atoms with Crippen molar-refractivity contribution < 1.29 is 4.79 Å². The average molecular weight is 274 g/mol. The van der Waals surface area contributed by atoms with E-state index < -0.39 is 0 Å². The highest BCUT2D eigenvalue weighted by atomic mass is 16.2. The number of urea groups is 1. The number of hydrogen-bond acceptors (Lipinski definition) is 3. The van der Waals surface area contributed by atoms with Gasteiger partial charge in [-0.05, 0) is 12.1 Å². The lowest BCUT2D eigenvalue weighted by Gasteiger charge is -2.36. The van der Waals surface area contributed by atoms with Crippen molar-refractivity contribution >= 4 is 11.7 Å². The third-order valence-electron chi connectivity index (χ3n) is 4.12. The van der Waals surface area contributed by atoms with Crippen molar-refractivity contribution in [2.75, 3.05) is 57.3 Å². The van der Waals surface area contributed by atoms with E-state index in [0.29, 0.717) is 0 Å². The van der Waals surface area contributed by atoms with Crippen molar-refractivity contribution in [2.45, 2.75) is 0 Å². The highest BCUT2D eigenvalue weighted by molar-refractivity contribution is 5.76. The summed E-state index contributed by atoms with van der Waals surface area (Å²) in [6.07, 6.45) is 0. The largest absolute Gasteiger partial charge is 0.369 e. The topological polar surface area (TPSA) is 38.8 Å². The minimum atomic E-state index is 0.0907. The smallest absolute Gasteiger partial charge is 0.317 e. The van der Waals surface area contributed by atoms with Crippen molar-refractivity contribution in [3.63, 3.8) is 0 Å². The van der Waals surface area contributed by atoms with Gasteiger partial charge in [-0.25, -0.2) is 4.79 Å². The Bertz CT molecular complexity index is 442. The summed E-state index contributed by atoms with van der Waals surface area (Å²) in [5.41, 5.74) is 1.31. The van der Waals surface area contributed by atoms with E-state index in [2.05, 4.69) is 45.4 Å². The molecule has 0 radical (unpaired) electrons. The molecule has 0 saturated carbocycles. The maximum Gasteiger partial charge on any atom is 0.317 e. The van der Waals surface area contributed by atoms with E-state index in [1.54, 1.807) is 0 Å². The summed E-state index contributed by atoms with van der Waals surface area (Å²) >= 11 is 0. The molecular formula is C15H22N4O. The molecule has 2 aliphatic heterocycles. The first-order valence-corrected chi connectivity index (χ1v) is 7.38. The summed E-state index contributed by atoms with van der Waals surface area (Å²) in [7, 11) is 0. The Labute approximate surface area is 120 Å². The highest BCUT2D eigenvalue weighted by Gasteiger charge is 2.21. The molecule has 3 rings (SSSR count). The Morgan fingerprint density at radius 2 is 1.70 bits per heavy atom. The molecule has 2 aliphatic rings. The van der Waals surface area contributed by atoms with Gasteiger partial charge in [0.2, 0.25) is 0 Å². The monoisotopic (exact) mass is 274 g/mol. The fraction of sp³-hybridized carbons (Fsp3) is 0.533. The maximum atomic E-state index is 11.5. The highest BCUT2D eigenvalue weighted by Crippen LogP contribution is 2.15. The Hall–Kier alpha value is -1.75. The summed E-state index contributed by atoms with van der Waals surface area (Å²) in [4.78, 5) is 18.3. The van der Waals surface area contributed by atoms with E-state index in [9.17, 15) is 4.79 Å². The van der Waals surface area contributed by atoms with Crippen LogP contribution in [0.1, 0.15) is 0 Å². The lowest BCUT2D eigenvalue weighted by Crippen LogP contribution is -2.48. The van der Waals surface area contributed by atoms with Crippen LogP contribution in [0, 0.1) is 0 Å². The van der Waals surface area contributed by atoms with Crippen LogP contribution in [0.2, 0.25) is 0 Å². The molecule has 0 spiro atoms. The van der Waals surface area contributed by atoms with Crippen LogP contribution in [0.5, 0.6) is 0 Å². The number of piperazine rings is 1. The van der Waals surface area contributed by atoms with Crippen LogP contribution in [0.4, 0.5) is 10.5 Å². The van der Waals surface area contributed by atoms with Crippen LogP contribution in [-0.4, -0.2) is 68.2 Å². The first-order chi connectivity index (χ1) is 9.83. The van der Waals surface area contributed by atoms with Crippen LogP contribution in [-0.2, 0) is 0 Å². The molecule has 2 fully saturated rings. The van der Waals surface area contributed by atoms with Gasteiger partial charge in [-0.3, -0.25) is 4.90 Å². The minimum absolute atomic E-state index is 0.0907. The lowest BCUT2D eigenvalue weighted by atomic mass is 10.2. The van der Waals surface area contributed by atoms with Gasteiger partial charge < -0.3 is 15.1 Å². The molecular weight excluding hydrogens is 252 g/mol. The van der Waals surface area contributed by atoms with Crippen molar-refractivity contribution in [1.29, 1.82) is 0 Å². The lowest BCUT2D eigenvalue weighted by molar-refractivity contribution is 0.197. The van der Waals surface area contributed by atoms with Gasteiger partial charge in [-0.1, -0.05) is 18.2 Å². The van der Waals surface area contributed by atoms with Crippen molar-refractivity contribution in [3.05, 3.63) is 30.3 Å². The van der Waals surface area contributed by atoms with Gasteiger partial charge in [0.1, 0.15) is 0 Å². The predicted octanol–water partition coefficient (Wildman–Crippen LogP) is 0.834. The Kier molecular flexibility index (Phi) is 4.06. The number of benzene rings is 1. The number of para-hydroxylation sites is 1. The van der Waals surface area contributed by atoms with Crippen LogP contribution in [0.15, 0.2) is 30.3 Å². The molecule has 0 aliphatic carbocycles. The Morgan fingerprint density at radius 1 is 0.950 bits per heavy atom. The second-order valence-electron chi connectivity index (χ2n) is 5.38. The van der Waals surface area contributed by atoms with Crippen LogP contribution >= 0.6 is 0 Å².